The van der Waals surface area contributed by atoms with Crippen LogP contribution < -0.4 is 0 Å². The third-order valence-corrected chi connectivity index (χ3v) is 5.22. The van der Waals surface area contributed by atoms with Crippen molar-refractivity contribution in [3.63, 3.8) is 0 Å². The minimum Gasteiger partial charge on any atom is -0.468 e. The second-order valence-corrected chi connectivity index (χ2v) is 7.12. The van der Waals surface area contributed by atoms with Gasteiger partial charge in [0.1, 0.15) is 5.76 Å². The number of nitrogens with zero attached hydrogens (tertiary/aromatic N) is 1. The van der Waals surface area contributed by atoms with Crippen molar-refractivity contribution in [3.8, 4) is 0 Å². The van der Waals surface area contributed by atoms with Gasteiger partial charge in [-0.3, -0.25) is 0 Å². The molecular formula is C12H15NO3S2. The summed E-state index contributed by atoms with van der Waals surface area (Å²) in [6.07, 6.45) is 1.55. The largest absolute Gasteiger partial charge is 0.468 e. The number of rotatable bonds is 6. The van der Waals surface area contributed by atoms with Gasteiger partial charge in [0, 0.05) is 11.4 Å². The maximum absolute atomic E-state index is 12.0. The number of hydrogen-bond donors (Lipinski definition) is 0. The number of furan rings is 1. The molecule has 0 aliphatic carbocycles. The molecule has 4 nitrogen and oxygen atoms in total. The molecule has 0 saturated heterocycles. The van der Waals surface area contributed by atoms with Crippen molar-refractivity contribution >= 4 is 21.4 Å². The topological polar surface area (TPSA) is 50.5 Å². The molecule has 0 bridgehead atoms. The highest BCUT2D eigenvalue weighted by Gasteiger charge is 2.21. The van der Waals surface area contributed by atoms with Gasteiger partial charge in [-0.15, -0.1) is 11.3 Å². The normalized spacial score (nSPS) is 12.1. The van der Waals surface area contributed by atoms with Gasteiger partial charge in [0.25, 0.3) is 0 Å². The third kappa shape index (κ3) is 3.22. The Morgan fingerprint density at radius 3 is 2.67 bits per heavy atom. The van der Waals surface area contributed by atoms with Crippen molar-refractivity contribution < 1.29 is 12.8 Å². The molecule has 0 aromatic carbocycles. The average Bonchev–Trinajstić information content (AvgIpc) is 3.01. The summed E-state index contributed by atoms with van der Waals surface area (Å²) in [6.45, 7) is 2.33. The highest BCUT2D eigenvalue weighted by Crippen LogP contribution is 2.18. The summed E-state index contributed by atoms with van der Waals surface area (Å²) in [6, 6.07) is 7.40. The van der Waals surface area contributed by atoms with Crippen LogP contribution in [0.4, 0.5) is 0 Å². The summed E-state index contributed by atoms with van der Waals surface area (Å²) < 4.78 is 30.8. The Balaban J connectivity index is 2.18. The first-order valence-corrected chi connectivity index (χ1v) is 8.13. The molecule has 98 valence electrons. The first-order chi connectivity index (χ1) is 8.62. The second-order valence-electron chi connectivity index (χ2n) is 3.83. The zero-order valence-electron chi connectivity index (χ0n) is 10.1. The molecule has 0 unspecified atom stereocenters. The molecule has 0 saturated carbocycles. The van der Waals surface area contributed by atoms with Gasteiger partial charge >= 0.3 is 0 Å². The lowest BCUT2D eigenvalue weighted by Crippen LogP contribution is -2.31. The van der Waals surface area contributed by atoms with Crippen LogP contribution in [0, 0.1) is 0 Å². The van der Waals surface area contributed by atoms with E-state index in [2.05, 4.69) is 0 Å². The van der Waals surface area contributed by atoms with Crippen molar-refractivity contribution in [2.24, 2.45) is 0 Å². The SMILES string of the molecule is CCS(=O)(=O)N(Cc1ccco1)Cc1cccs1. The van der Waals surface area contributed by atoms with Crippen LogP contribution in [-0.2, 0) is 23.1 Å². The molecule has 2 heterocycles. The number of hydrogen-bond acceptors (Lipinski definition) is 4. The molecule has 0 aliphatic rings. The summed E-state index contributed by atoms with van der Waals surface area (Å²) in [5.41, 5.74) is 0. The van der Waals surface area contributed by atoms with Gasteiger partial charge in [0.15, 0.2) is 0 Å². The molecular weight excluding hydrogens is 270 g/mol. The average molecular weight is 285 g/mol. The van der Waals surface area contributed by atoms with Crippen molar-refractivity contribution in [1.29, 1.82) is 0 Å². The lowest BCUT2D eigenvalue weighted by atomic mass is 10.4. The highest BCUT2D eigenvalue weighted by molar-refractivity contribution is 7.89. The van der Waals surface area contributed by atoms with Crippen LogP contribution in [0.25, 0.3) is 0 Å². The molecule has 0 spiro atoms. The zero-order chi connectivity index (χ0) is 13.0. The first-order valence-electron chi connectivity index (χ1n) is 5.64. The van der Waals surface area contributed by atoms with E-state index in [0.29, 0.717) is 12.3 Å². The lowest BCUT2D eigenvalue weighted by Gasteiger charge is -2.19. The molecule has 18 heavy (non-hydrogen) atoms. The van der Waals surface area contributed by atoms with E-state index in [1.165, 1.54) is 4.31 Å². The van der Waals surface area contributed by atoms with Crippen LogP contribution in [0.1, 0.15) is 17.6 Å². The Hall–Kier alpha value is -1.11. The van der Waals surface area contributed by atoms with Gasteiger partial charge in [0.05, 0.1) is 18.6 Å². The van der Waals surface area contributed by atoms with E-state index < -0.39 is 10.0 Å². The fourth-order valence-corrected chi connectivity index (χ4v) is 3.41. The third-order valence-electron chi connectivity index (χ3n) is 2.58. The van der Waals surface area contributed by atoms with E-state index in [0.717, 1.165) is 4.88 Å². The molecule has 0 fully saturated rings. The van der Waals surface area contributed by atoms with Crippen LogP contribution in [-0.4, -0.2) is 18.5 Å². The minimum atomic E-state index is -3.23. The van der Waals surface area contributed by atoms with Gasteiger partial charge in [0.2, 0.25) is 10.0 Å². The van der Waals surface area contributed by atoms with Gasteiger partial charge in [-0.2, -0.15) is 4.31 Å². The maximum Gasteiger partial charge on any atom is 0.214 e. The smallest absolute Gasteiger partial charge is 0.214 e. The molecule has 0 amide bonds. The molecule has 0 radical (unpaired) electrons. The Kier molecular flexibility index (Phi) is 4.21. The highest BCUT2D eigenvalue weighted by atomic mass is 32.2. The van der Waals surface area contributed by atoms with Gasteiger partial charge in [-0.05, 0) is 30.5 Å². The summed E-state index contributed by atoms with van der Waals surface area (Å²) in [5.74, 6) is 0.752. The quantitative estimate of drug-likeness (QED) is 0.820. The molecule has 0 aliphatic heterocycles. The lowest BCUT2D eigenvalue weighted by molar-refractivity contribution is 0.361. The molecule has 2 aromatic rings. The molecule has 2 rings (SSSR count). The maximum atomic E-state index is 12.0. The van der Waals surface area contributed by atoms with Crippen molar-refractivity contribution in [1.82, 2.24) is 4.31 Å². The van der Waals surface area contributed by atoms with Crippen molar-refractivity contribution in [3.05, 3.63) is 46.5 Å². The fourth-order valence-electron chi connectivity index (χ4n) is 1.59. The van der Waals surface area contributed by atoms with Crippen LogP contribution in [0.2, 0.25) is 0 Å². The van der Waals surface area contributed by atoms with Gasteiger partial charge in [-0.25, -0.2) is 8.42 Å². The number of sulfonamides is 1. The summed E-state index contributed by atoms with van der Waals surface area (Å²) in [5, 5.41) is 1.94. The minimum absolute atomic E-state index is 0.0963. The predicted octanol–water partition coefficient (Wildman–Crippen LogP) is 2.69. The van der Waals surface area contributed by atoms with Crippen LogP contribution in [0.3, 0.4) is 0 Å². The Labute approximate surface area is 111 Å². The Bertz CT molecular complexity index is 522. The van der Waals surface area contributed by atoms with E-state index in [1.54, 1.807) is 36.7 Å². The monoisotopic (exact) mass is 285 g/mol. The van der Waals surface area contributed by atoms with Crippen molar-refractivity contribution in [2.75, 3.05) is 5.75 Å². The van der Waals surface area contributed by atoms with E-state index in [-0.39, 0.29) is 12.3 Å². The number of thiophene rings is 1. The Morgan fingerprint density at radius 1 is 1.28 bits per heavy atom. The first kappa shape index (κ1) is 13.3. The van der Waals surface area contributed by atoms with E-state index in [1.807, 2.05) is 17.5 Å². The predicted molar refractivity (Wildman–Crippen MR) is 71.7 cm³/mol. The summed E-state index contributed by atoms with van der Waals surface area (Å²) in [4.78, 5) is 1.03. The van der Waals surface area contributed by atoms with Crippen LogP contribution in [0.15, 0.2) is 40.3 Å². The molecule has 6 heteroatoms. The molecule has 0 atom stereocenters. The standard InChI is InChI=1S/C12H15NO3S2/c1-2-18(14,15)13(9-11-5-3-7-16-11)10-12-6-4-8-17-12/h3-8H,2,9-10H2,1H3. The fraction of sp³-hybridized carbons (Fsp3) is 0.333. The molecule has 2 aromatic heterocycles. The Morgan fingerprint density at radius 2 is 2.11 bits per heavy atom. The molecule has 0 N–H and O–H groups in total. The summed E-state index contributed by atoms with van der Waals surface area (Å²) in [7, 11) is -3.23. The van der Waals surface area contributed by atoms with Crippen LogP contribution >= 0.6 is 11.3 Å². The summed E-state index contributed by atoms with van der Waals surface area (Å²) >= 11 is 1.55. The van der Waals surface area contributed by atoms with Gasteiger partial charge in [-0.1, -0.05) is 6.07 Å². The van der Waals surface area contributed by atoms with E-state index >= 15 is 0 Å². The van der Waals surface area contributed by atoms with E-state index in [9.17, 15) is 8.42 Å². The van der Waals surface area contributed by atoms with Gasteiger partial charge < -0.3 is 4.42 Å². The van der Waals surface area contributed by atoms with E-state index in [4.69, 9.17) is 4.42 Å². The van der Waals surface area contributed by atoms with Crippen LogP contribution in [0.5, 0.6) is 0 Å². The van der Waals surface area contributed by atoms with Crippen molar-refractivity contribution in [2.45, 2.75) is 20.0 Å². The zero-order valence-corrected chi connectivity index (χ0v) is 11.7. The second kappa shape index (κ2) is 5.69.